The zero-order valence-corrected chi connectivity index (χ0v) is 15.2. The van der Waals surface area contributed by atoms with Crippen molar-refractivity contribution in [2.45, 2.75) is 38.8 Å². The number of aryl methyl sites for hydroxylation is 1. The molecule has 0 saturated heterocycles. The summed E-state index contributed by atoms with van der Waals surface area (Å²) in [7, 11) is 0. The Labute approximate surface area is 155 Å². The van der Waals surface area contributed by atoms with Crippen LogP contribution in [0.3, 0.4) is 0 Å². The Kier molecular flexibility index (Phi) is 6.08. The number of nitrogens with zero attached hydrogens (tertiary/aromatic N) is 3. The lowest BCUT2D eigenvalue weighted by molar-refractivity contribution is 0.0908. The van der Waals surface area contributed by atoms with Gasteiger partial charge in [0, 0.05) is 17.7 Å². The van der Waals surface area contributed by atoms with Crippen molar-refractivity contribution in [3.05, 3.63) is 52.1 Å². The maximum Gasteiger partial charge on any atom is 0.273 e. The van der Waals surface area contributed by atoms with Gasteiger partial charge in [0.1, 0.15) is 10.0 Å². The van der Waals surface area contributed by atoms with E-state index in [4.69, 9.17) is 9.63 Å². The van der Waals surface area contributed by atoms with Crippen LogP contribution >= 0.6 is 11.3 Å². The summed E-state index contributed by atoms with van der Waals surface area (Å²) in [5.74, 6) is 0.472. The highest BCUT2D eigenvalue weighted by Gasteiger charge is 2.22. The molecule has 3 aromatic rings. The van der Waals surface area contributed by atoms with Gasteiger partial charge in [0.25, 0.3) is 5.91 Å². The molecule has 0 atom stereocenters. The van der Waals surface area contributed by atoms with Crippen LogP contribution in [0.15, 0.2) is 40.9 Å². The van der Waals surface area contributed by atoms with Crippen LogP contribution in [0.5, 0.6) is 0 Å². The van der Waals surface area contributed by atoms with E-state index in [0.717, 1.165) is 23.4 Å². The number of nitrogens with one attached hydrogen (secondary N) is 1. The summed E-state index contributed by atoms with van der Waals surface area (Å²) in [6.07, 6.45) is 3.32. The number of hydrogen-bond acceptors (Lipinski definition) is 7. The highest BCUT2D eigenvalue weighted by molar-refractivity contribution is 7.11. The standard InChI is InChI=1S/C14H14N2O2.C4H6N2OS/c17-14(15-11-7-4-8-11)12-9-13(18-16-12)10-5-2-1-3-6-10;1-3-5-6-4(2-7)8-3/h1-3,5-6,9,11H,4,7-8H2,(H,15,17);7H,2H2,1H3. The molecule has 0 aliphatic heterocycles. The number of rotatable bonds is 4. The Morgan fingerprint density at radius 2 is 2.08 bits per heavy atom. The maximum absolute atomic E-state index is 11.9. The molecule has 1 saturated carbocycles. The number of carbonyl (C=O) groups excluding carboxylic acids is 1. The molecular formula is C18H20N4O3S. The molecule has 0 bridgehead atoms. The molecule has 0 unspecified atom stereocenters. The van der Waals surface area contributed by atoms with E-state index >= 15 is 0 Å². The van der Waals surface area contributed by atoms with Gasteiger partial charge in [-0.2, -0.15) is 0 Å². The predicted octanol–water partition coefficient (Wildman–Crippen LogP) is 2.96. The topological polar surface area (TPSA) is 101 Å². The van der Waals surface area contributed by atoms with Gasteiger partial charge in [-0.3, -0.25) is 4.79 Å². The second-order valence-electron chi connectivity index (χ2n) is 5.92. The zero-order valence-electron chi connectivity index (χ0n) is 14.4. The fraction of sp³-hybridized carbons (Fsp3) is 0.333. The first kappa shape index (κ1) is 18.2. The Balaban J connectivity index is 0.000000206. The second-order valence-corrected chi connectivity index (χ2v) is 7.18. The smallest absolute Gasteiger partial charge is 0.273 e. The van der Waals surface area contributed by atoms with Crippen LogP contribution in [0.1, 0.15) is 39.8 Å². The number of aromatic nitrogens is 3. The van der Waals surface area contributed by atoms with Gasteiger partial charge < -0.3 is 14.9 Å². The maximum atomic E-state index is 11.9. The van der Waals surface area contributed by atoms with Gasteiger partial charge in [-0.05, 0) is 26.2 Å². The quantitative estimate of drug-likeness (QED) is 0.730. The molecule has 8 heteroatoms. The first-order valence-electron chi connectivity index (χ1n) is 8.38. The molecule has 0 radical (unpaired) electrons. The van der Waals surface area contributed by atoms with Crippen LogP contribution in [0.4, 0.5) is 0 Å². The van der Waals surface area contributed by atoms with Crippen LogP contribution < -0.4 is 5.32 Å². The van der Waals surface area contributed by atoms with Crippen LogP contribution in [0.2, 0.25) is 0 Å². The minimum Gasteiger partial charge on any atom is -0.389 e. The van der Waals surface area contributed by atoms with Gasteiger partial charge in [0.2, 0.25) is 0 Å². The number of aliphatic hydroxyl groups excluding tert-OH is 1. The highest BCUT2D eigenvalue weighted by atomic mass is 32.1. The minimum atomic E-state index is -0.148. The van der Waals surface area contributed by atoms with Gasteiger partial charge in [0.05, 0.1) is 6.61 Å². The number of benzene rings is 1. The third-order valence-electron chi connectivity index (χ3n) is 3.94. The van der Waals surface area contributed by atoms with Crippen molar-refractivity contribution in [2.24, 2.45) is 0 Å². The monoisotopic (exact) mass is 372 g/mol. The molecule has 1 aliphatic carbocycles. The van der Waals surface area contributed by atoms with Crippen molar-refractivity contribution in [3.63, 3.8) is 0 Å². The normalized spacial score (nSPS) is 13.5. The van der Waals surface area contributed by atoms with Gasteiger partial charge in [-0.25, -0.2) is 0 Å². The van der Waals surface area contributed by atoms with Crippen molar-refractivity contribution in [3.8, 4) is 11.3 Å². The van der Waals surface area contributed by atoms with Crippen LogP contribution in [-0.2, 0) is 6.61 Å². The summed E-state index contributed by atoms with van der Waals surface area (Å²) in [4.78, 5) is 11.9. The number of carbonyl (C=O) groups is 1. The molecule has 7 nitrogen and oxygen atoms in total. The van der Waals surface area contributed by atoms with Crippen molar-refractivity contribution in [2.75, 3.05) is 0 Å². The Hall–Kier alpha value is -2.58. The molecule has 26 heavy (non-hydrogen) atoms. The average molecular weight is 372 g/mol. The van der Waals surface area contributed by atoms with E-state index in [-0.39, 0.29) is 12.5 Å². The van der Waals surface area contributed by atoms with Crippen LogP contribution in [-0.4, -0.2) is 32.4 Å². The first-order valence-corrected chi connectivity index (χ1v) is 9.20. The van der Waals surface area contributed by atoms with Crippen molar-refractivity contribution in [1.29, 1.82) is 0 Å². The number of amides is 1. The van der Waals surface area contributed by atoms with Gasteiger partial charge >= 0.3 is 0 Å². The summed E-state index contributed by atoms with van der Waals surface area (Å²) >= 11 is 1.42. The lowest BCUT2D eigenvalue weighted by atomic mass is 9.93. The van der Waals surface area contributed by atoms with Crippen molar-refractivity contribution in [1.82, 2.24) is 20.7 Å². The van der Waals surface area contributed by atoms with Gasteiger partial charge in [0.15, 0.2) is 11.5 Å². The molecule has 0 spiro atoms. The van der Waals surface area contributed by atoms with Gasteiger partial charge in [-0.15, -0.1) is 10.2 Å². The molecule has 2 heterocycles. The summed E-state index contributed by atoms with van der Waals surface area (Å²) in [5, 5.41) is 24.1. The fourth-order valence-corrected chi connectivity index (χ4v) is 2.90. The molecule has 2 aromatic heterocycles. The summed E-state index contributed by atoms with van der Waals surface area (Å²) in [5.41, 5.74) is 1.27. The van der Waals surface area contributed by atoms with Crippen LogP contribution in [0.25, 0.3) is 11.3 Å². The molecular weight excluding hydrogens is 352 g/mol. The molecule has 1 fully saturated rings. The SMILES string of the molecule is Cc1nnc(CO)s1.O=C(NC1CCC1)c1cc(-c2ccccc2)on1. The number of hydrogen-bond donors (Lipinski definition) is 2. The van der Waals surface area contributed by atoms with E-state index in [1.165, 1.54) is 17.8 Å². The lowest BCUT2D eigenvalue weighted by Gasteiger charge is -2.25. The van der Waals surface area contributed by atoms with Crippen molar-refractivity contribution >= 4 is 17.2 Å². The molecule has 1 amide bonds. The number of aliphatic hydroxyl groups is 1. The third-order valence-corrected chi connectivity index (χ3v) is 4.77. The van der Waals surface area contributed by atoms with E-state index in [0.29, 0.717) is 22.5 Å². The van der Waals surface area contributed by atoms with E-state index in [1.54, 1.807) is 6.07 Å². The average Bonchev–Trinajstić information content (AvgIpc) is 3.28. The van der Waals surface area contributed by atoms with Crippen LogP contribution in [0, 0.1) is 6.92 Å². The second kappa shape index (κ2) is 8.68. The highest BCUT2D eigenvalue weighted by Crippen LogP contribution is 2.21. The first-order chi connectivity index (χ1) is 12.7. The van der Waals surface area contributed by atoms with Gasteiger partial charge in [-0.1, -0.05) is 46.8 Å². The summed E-state index contributed by atoms with van der Waals surface area (Å²) in [6, 6.07) is 11.6. The third kappa shape index (κ3) is 4.74. The molecule has 4 rings (SSSR count). The largest absolute Gasteiger partial charge is 0.389 e. The van der Waals surface area contributed by atoms with Crippen molar-refractivity contribution < 1.29 is 14.4 Å². The van der Waals surface area contributed by atoms with E-state index in [1.807, 2.05) is 37.3 Å². The van der Waals surface area contributed by atoms with E-state index < -0.39 is 0 Å². The minimum absolute atomic E-state index is 0.00546. The summed E-state index contributed by atoms with van der Waals surface area (Å²) < 4.78 is 5.19. The predicted molar refractivity (Wildman–Crippen MR) is 97.6 cm³/mol. The Bertz CT molecular complexity index is 843. The lowest BCUT2D eigenvalue weighted by Crippen LogP contribution is -2.39. The molecule has 2 N–H and O–H groups in total. The molecule has 1 aromatic carbocycles. The Morgan fingerprint density at radius 1 is 1.31 bits per heavy atom. The summed E-state index contributed by atoms with van der Waals surface area (Å²) in [6.45, 7) is 1.86. The van der Waals surface area contributed by atoms with E-state index in [9.17, 15) is 4.79 Å². The fourth-order valence-electron chi connectivity index (χ4n) is 2.33. The van der Waals surface area contributed by atoms with E-state index in [2.05, 4.69) is 20.7 Å². The Morgan fingerprint density at radius 3 is 2.62 bits per heavy atom. The molecule has 136 valence electrons. The molecule has 1 aliphatic rings. The zero-order chi connectivity index (χ0) is 18.4.